The first kappa shape index (κ1) is 10.4. The Balaban J connectivity index is 3.81. The maximum atomic E-state index is 11.3. The second-order valence-electron chi connectivity index (χ2n) is 2.86. The maximum Gasteiger partial charge on any atom is 0.225 e. The Bertz CT molecular complexity index is 125. The molecule has 2 N–H and O–H groups in total. The Labute approximate surface area is 68.6 Å². The highest BCUT2D eigenvalue weighted by molar-refractivity contribution is 5.78. The topological polar surface area (TPSA) is 46.3 Å². The molecule has 3 nitrogen and oxygen atoms in total. The van der Waals surface area contributed by atoms with Gasteiger partial charge in [-0.2, -0.15) is 0 Å². The van der Waals surface area contributed by atoms with E-state index in [0.717, 1.165) is 6.42 Å². The second-order valence-corrected chi connectivity index (χ2v) is 2.86. The molecule has 0 fully saturated rings. The van der Waals surface area contributed by atoms with Gasteiger partial charge in [0.25, 0.3) is 0 Å². The average molecular weight is 158 g/mol. The quantitative estimate of drug-likeness (QED) is 0.645. The van der Waals surface area contributed by atoms with Gasteiger partial charge in [-0.3, -0.25) is 4.79 Å². The highest BCUT2D eigenvalue weighted by Gasteiger charge is 2.13. The SMILES string of the molecule is CCC(C)C(=O)N(C)CCN. The summed E-state index contributed by atoms with van der Waals surface area (Å²) < 4.78 is 0. The molecular formula is C8H18N2O. The number of rotatable bonds is 4. The Hall–Kier alpha value is -0.570. The summed E-state index contributed by atoms with van der Waals surface area (Å²) in [6.07, 6.45) is 0.897. The van der Waals surface area contributed by atoms with Crippen LogP contribution in [0.1, 0.15) is 20.3 Å². The minimum absolute atomic E-state index is 0.131. The van der Waals surface area contributed by atoms with Crippen molar-refractivity contribution in [3.8, 4) is 0 Å². The minimum atomic E-state index is 0.131. The number of carbonyl (C=O) groups is 1. The first-order chi connectivity index (χ1) is 5.13. The van der Waals surface area contributed by atoms with Gasteiger partial charge in [0.2, 0.25) is 5.91 Å². The lowest BCUT2D eigenvalue weighted by Crippen LogP contribution is -2.35. The van der Waals surface area contributed by atoms with Crippen LogP contribution >= 0.6 is 0 Å². The van der Waals surface area contributed by atoms with Crippen LogP contribution in [0.15, 0.2) is 0 Å². The molecule has 1 unspecified atom stereocenters. The van der Waals surface area contributed by atoms with Crippen molar-refractivity contribution in [1.29, 1.82) is 0 Å². The highest BCUT2D eigenvalue weighted by atomic mass is 16.2. The van der Waals surface area contributed by atoms with Crippen molar-refractivity contribution in [2.24, 2.45) is 11.7 Å². The molecule has 11 heavy (non-hydrogen) atoms. The van der Waals surface area contributed by atoms with Gasteiger partial charge in [-0.25, -0.2) is 0 Å². The molecule has 0 radical (unpaired) electrons. The van der Waals surface area contributed by atoms with Crippen LogP contribution in [0.5, 0.6) is 0 Å². The Morgan fingerprint density at radius 3 is 2.55 bits per heavy atom. The Morgan fingerprint density at radius 1 is 1.64 bits per heavy atom. The van der Waals surface area contributed by atoms with E-state index in [2.05, 4.69) is 0 Å². The molecule has 0 aromatic carbocycles. The molecule has 0 bridgehead atoms. The fourth-order valence-corrected chi connectivity index (χ4v) is 0.855. The lowest BCUT2D eigenvalue weighted by Gasteiger charge is -2.19. The van der Waals surface area contributed by atoms with Crippen LogP contribution in [0, 0.1) is 5.92 Å². The lowest BCUT2D eigenvalue weighted by atomic mass is 10.1. The Kier molecular flexibility index (Phi) is 4.86. The molecule has 0 spiro atoms. The smallest absolute Gasteiger partial charge is 0.225 e. The molecule has 0 aromatic rings. The van der Waals surface area contributed by atoms with E-state index in [1.807, 2.05) is 13.8 Å². The van der Waals surface area contributed by atoms with Gasteiger partial charge in [-0.15, -0.1) is 0 Å². The van der Waals surface area contributed by atoms with Crippen molar-refractivity contribution in [3.05, 3.63) is 0 Å². The number of amides is 1. The van der Waals surface area contributed by atoms with Crippen molar-refractivity contribution in [1.82, 2.24) is 4.90 Å². The first-order valence-corrected chi connectivity index (χ1v) is 4.08. The summed E-state index contributed by atoms with van der Waals surface area (Å²) in [5, 5.41) is 0. The highest BCUT2D eigenvalue weighted by Crippen LogP contribution is 2.03. The van der Waals surface area contributed by atoms with Crippen LogP contribution < -0.4 is 5.73 Å². The number of hydrogen-bond acceptors (Lipinski definition) is 2. The summed E-state index contributed by atoms with van der Waals surface area (Å²) in [6.45, 7) is 5.15. The van der Waals surface area contributed by atoms with Gasteiger partial charge in [0.15, 0.2) is 0 Å². The predicted molar refractivity (Wildman–Crippen MR) is 46.1 cm³/mol. The fourth-order valence-electron chi connectivity index (χ4n) is 0.855. The van der Waals surface area contributed by atoms with Crippen LogP contribution in [0.2, 0.25) is 0 Å². The third-order valence-electron chi connectivity index (χ3n) is 1.87. The minimum Gasteiger partial charge on any atom is -0.344 e. The molecule has 0 aliphatic carbocycles. The molecule has 66 valence electrons. The van der Waals surface area contributed by atoms with Crippen molar-refractivity contribution >= 4 is 5.91 Å². The van der Waals surface area contributed by atoms with E-state index >= 15 is 0 Å². The average Bonchev–Trinajstić information content (AvgIpc) is 2.02. The summed E-state index contributed by atoms with van der Waals surface area (Å²) in [7, 11) is 1.79. The molecule has 1 amide bonds. The molecule has 0 heterocycles. The van der Waals surface area contributed by atoms with Gasteiger partial charge in [-0.1, -0.05) is 13.8 Å². The van der Waals surface area contributed by atoms with Crippen LogP contribution in [-0.4, -0.2) is 30.9 Å². The number of hydrogen-bond donors (Lipinski definition) is 1. The normalized spacial score (nSPS) is 12.7. The van der Waals surface area contributed by atoms with E-state index in [1.54, 1.807) is 11.9 Å². The molecule has 0 saturated carbocycles. The monoisotopic (exact) mass is 158 g/mol. The van der Waals surface area contributed by atoms with E-state index < -0.39 is 0 Å². The van der Waals surface area contributed by atoms with Crippen LogP contribution in [0.3, 0.4) is 0 Å². The standard InChI is InChI=1S/C8H18N2O/c1-4-7(2)8(11)10(3)6-5-9/h7H,4-6,9H2,1-3H3. The molecule has 0 rings (SSSR count). The van der Waals surface area contributed by atoms with Crippen molar-refractivity contribution in [2.75, 3.05) is 20.1 Å². The van der Waals surface area contributed by atoms with E-state index in [9.17, 15) is 4.79 Å². The summed E-state index contributed by atoms with van der Waals surface area (Å²) in [6, 6.07) is 0. The maximum absolute atomic E-state index is 11.3. The van der Waals surface area contributed by atoms with Crippen LogP contribution in [0.4, 0.5) is 0 Å². The zero-order chi connectivity index (χ0) is 8.85. The Morgan fingerprint density at radius 2 is 2.18 bits per heavy atom. The van der Waals surface area contributed by atoms with Gasteiger partial charge in [-0.05, 0) is 6.42 Å². The van der Waals surface area contributed by atoms with Gasteiger partial charge < -0.3 is 10.6 Å². The number of carbonyl (C=O) groups excluding carboxylic acids is 1. The number of nitrogens with zero attached hydrogens (tertiary/aromatic N) is 1. The molecule has 0 aliphatic rings. The molecule has 1 atom stereocenters. The summed E-state index contributed by atoms with van der Waals surface area (Å²) >= 11 is 0. The van der Waals surface area contributed by atoms with E-state index in [-0.39, 0.29) is 11.8 Å². The molecule has 0 saturated heterocycles. The van der Waals surface area contributed by atoms with Gasteiger partial charge in [0, 0.05) is 26.1 Å². The van der Waals surface area contributed by atoms with E-state index in [4.69, 9.17) is 5.73 Å². The van der Waals surface area contributed by atoms with Gasteiger partial charge in [0.05, 0.1) is 0 Å². The first-order valence-electron chi connectivity index (χ1n) is 4.08. The molecule has 0 aliphatic heterocycles. The molecule has 3 heteroatoms. The van der Waals surface area contributed by atoms with Crippen LogP contribution in [-0.2, 0) is 4.79 Å². The summed E-state index contributed by atoms with van der Waals surface area (Å²) in [5.74, 6) is 0.324. The number of nitrogens with two attached hydrogens (primary N) is 1. The zero-order valence-electron chi connectivity index (χ0n) is 7.63. The van der Waals surface area contributed by atoms with Gasteiger partial charge >= 0.3 is 0 Å². The zero-order valence-corrected chi connectivity index (χ0v) is 7.63. The van der Waals surface area contributed by atoms with E-state index in [0.29, 0.717) is 13.1 Å². The summed E-state index contributed by atoms with van der Waals surface area (Å²) in [5.41, 5.74) is 5.31. The lowest BCUT2D eigenvalue weighted by molar-refractivity contribution is -0.133. The second kappa shape index (κ2) is 5.13. The van der Waals surface area contributed by atoms with E-state index in [1.165, 1.54) is 0 Å². The summed E-state index contributed by atoms with van der Waals surface area (Å²) in [4.78, 5) is 13.0. The predicted octanol–water partition coefficient (Wildman–Crippen LogP) is 0.450. The fraction of sp³-hybridized carbons (Fsp3) is 0.875. The third kappa shape index (κ3) is 3.37. The van der Waals surface area contributed by atoms with Crippen LogP contribution in [0.25, 0.3) is 0 Å². The van der Waals surface area contributed by atoms with Gasteiger partial charge in [0.1, 0.15) is 0 Å². The third-order valence-corrected chi connectivity index (χ3v) is 1.87. The molecule has 0 aromatic heterocycles. The van der Waals surface area contributed by atoms with Crippen molar-refractivity contribution in [3.63, 3.8) is 0 Å². The largest absolute Gasteiger partial charge is 0.344 e. The number of likely N-dealkylation sites (N-methyl/N-ethyl adjacent to an activating group) is 1. The van der Waals surface area contributed by atoms with Crippen molar-refractivity contribution < 1.29 is 4.79 Å². The molecular weight excluding hydrogens is 140 g/mol. The van der Waals surface area contributed by atoms with Crippen molar-refractivity contribution in [2.45, 2.75) is 20.3 Å².